The van der Waals surface area contributed by atoms with E-state index in [1.807, 2.05) is 0 Å². The van der Waals surface area contributed by atoms with E-state index in [0.29, 0.717) is 22.5 Å². The molecule has 0 aliphatic rings. The van der Waals surface area contributed by atoms with Crippen LogP contribution in [0.1, 0.15) is 46.0 Å². The van der Waals surface area contributed by atoms with E-state index < -0.39 is 0 Å². The Bertz CT molecular complexity index is 975. The molecule has 0 aliphatic heterocycles. The van der Waals surface area contributed by atoms with Gasteiger partial charge in [-0.25, -0.2) is 13.8 Å². The SMILES string of the molecule is CC(=O)c1cccc(C(C)=O)n1.N=Cc1[c-]ccc(F)c1.N=Cc1[c-]ccc(F)c1.[Cl-].[Cl-].[Fe+4]. The minimum atomic E-state index is -0.327. The van der Waals surface area contributed by atoms with Crippen LogP contribution in [0.4, 0.5) is 8.78 Å². The summed E-state index contributed by atoms with van der Waals surface area (Å²) in [6.45, 7) is 2.85. The molecule has 10 heteroatoms. The van der Waals surface area contributed by atoms with Gasteiger partial charge in [-0.15, -0.1) is 59.7 Å². The van der Waals surface area contributed by atoms with Crippen LogP contribution in [0.5, 0.6) is 0 Å². The van der Waals surface area contributed by atoms with Crippen LogP contribution in [0.2, 0.25) is 0 Å². The maximum atomic E-state index is 12.2. The van der Waals surface area contributed by atoms with Crippen molar-refractivity contribution in [3.05, 3.63) is 101 Å². The summed E-state index contributed by atoms with van der Waals surface area (Å²) in [5, 5.41) is 13.4. The molecule has 3 rings (SSSR count). The van der Waals surface area contributed by atoms with Crippen molar-refractivity contribution in [3.8, 4) is 0 Å². The first kappa shape index (κ1) is 34.8. The Morgan fingerprint density at radius 1 is 0.818 bits per heavy atom. The average molecular weight is 534 g/mol. The second kappa shape index (κ2) is 18.8. The number of carbonyl (C=O) groups excluding carboxylic acids is 2. The molecule has 1 heterocycles. The Balaban J connectivity index is -0.000000396. The summed E-state index contributed by atoms with van der Waals surface area (Å²) < 4.78 is 24.5. The van der Waals surface area contributed by atoms with Gasteiger partial charge in [0.15, 0.2) is 11.6 Å². The molecule has 0 unspecified atom stereocenters. The van der Waals surface area contributed by atoms with Gasteiger partial charge in [-0.2, -0.15) is 0 Å². The molecule has 0 atom stereocenters. The normalized spacial score (nSPS) is 8.36. The molecule has 2 aromatic carbocycles. The molecule has 1 aromatic heterocycles. The number of nitrogens with zero attached hydrogens (tertiary/aromatic N) is 1. The van der Waals surface area contributed by atoms with E-state index in [1.165, 1.54) is 50.2 Å². The first-order valence-electron chi connectivity index (χ1n) is 8.61. The minimum Gasteiger partial charge on any atom is -1.00 e. The number of Topliss-reactive ketones (excluding diaryl/α,β-unsaturated/α-hetero) is 2. The van der Waals surface area contributed by atoms with Crippen molar-refractivity contribution >= 4 is 24.0 Å². The summed E-state index contributed by atoms with van der Waals surface area (Å²) in [5.41, 5.74) is 1.61. The molecular weight excluding hydrogens is 515 g/mol. The van der Waals surface area contributed by atoms with Crippen LogP contribution in [-0.4, -0.2) is 29.0 Å². The van der Waals surface area contributed by atoms with Gasteiger partial charge in [0, 0.05) is 25.5 Å². The minimum absolute atomic E-state index is 0. The van der Waals surface area contributed by atoms with E-state index in [9.17, 15) is 18.4 Å². The number of carbonyl (C=O) groups is 2. The number of rotatable bonds is 4. The van der Waals surface area contributed by atoms with E-state index in [2.05, 4.69) is 17.1 Å². The first-order valence-corrected chi connectivity index (χ1v) is 8.61. The van der Waals surface area contributed by atoms with Gasteiger partial charge in [0.25, 0.3) is 0 Å². The van der Waals surface area contributed by atoms with E-state index >= 15 is 0 Å². The van der Waals surface area contributed by atoms with Gasteiger partial charge >= 0.3 is 17.1 Å². The fraction of sp³-hybridized carbons (Fsp3) is 0.0870. The number of aromatic nitrogens is 1. The van der Waals surface area contributed by atoms with Crippen molar-refractivity contribution in [1.29, 1.82) is 10.8 Å². The zero-order valence-electron chi connectivity index (χ0n) is 17.5. The van der Waals surface area contributed by atoms with Crippen LogP contribution in [0.3, 0.4) is 0 Å². The first-order chi connectivity index (χ1) is 14.3. The van der Waals surface area contributed by atoms with Gasteiger partial charge in [0.05, 0.1) is 0 Å². The number of benzene rings is 2. The van der Waals surface area contributed by atoms with Crippen molar-refractivity contribution in [2.75, 3.05) is 0 Å². The van der Waals surface area contributed by atoms with E-state index in [-0.39, 0.29) is 65.1 Å². The fourth-order valence-corrected chi connectivity index (χ4v) is 1.91. The van der Waals surface area contributed by atoms with Crippen LogP contribution in [0, 0.1) is 34.6 Å². The van der Waals surface area contributed by atoms with Crippen molar-refractivity contribution in [1.82, 2.24) is 4.98 Å². The Morgan fingerprint density at radius 2 is 1.18 bits per heavy atom. The zero-order chi connectivity index (χ0) is 22.5. The smallest absolute Gasteiger partial charge is 1.00 e. The number of hydrogen-bond acceptors (Lipinski definition) is 5. The van der Waals surface area contributed by atoms with E-state index in [0.717, 1.165) is 12.4 Å². The predicted molar refractivity (Wildman–Crippen MR) is 110 cm³/mol. The summed E-state index contributed by atoms with van der Waals surface area (Å²) in [5.74, 6) is -0.907. The maximum absolute atomic E-state index is 12.2. The second-order valence-electron chi connectivity index (χ2n) is 5.73. The molecule has 0 spiro atoms. The number of pyridine rings is 1. The van der Waals surface area contributed by atoms with Crippen LogP contribution < -0.4 is 24.8 Å². The van der Waals surface area contributed by atoms with E-state index in [4.69, 9.17) is 10.8 Å². The molecule has 0 fully saturated rings. The van der Waals surface area contributed by atoms with Gasteiger partial charge in [-0.1, -0.05) is 18.5 Å². The van der Waals surface area contributed by atoms with Crippen molar-refractivity contribution in [2.45, 2.75) is 13.8 Å². The molecule has 3 aromatic rings. The largest absolute Gasteiger partial charge is 4.00 e. The molecule has 0 bridgehead atoms. The maximum Gasteiger partial charge on any atom is 4.00 e. The Kier molecular flexibility index (Phi) is 19.8. The molecule has 5 nitrogen and oxygen atoms in total. The van der Waals surface area contributed by atoms with E-state index in [1.54, 1.807) is 18.2 Å². The van der Waals surface area contributed by atoms with Gasteiger partial charge in [-0.3, -0.25) is 9.59 Å². The third-order valence-corrected chi connectivity index (χ3v) is 3.35. The summed E-state index contributed by atoms with van der Waals surface area (Å²) in [6, 6.07) is 18.2. The standard InChI is InChI=1S/C9H9NO2.2C7H5FN.2ClH.Fe/c1-6(11)8-4-3-5-9(10-8)7(2)12;2*8-7-3-1-2-6(4-7)5-9;;;/h3-5H,1-2H3;2*1,3-5,9H;2*1H;/q;2*-1;;;+4/p-2. The number of hydrogen-bond donors (Lipinski definition) is 2. The van der Waals surface area contributed by atoms with Gasteiger partial charge in [-0.05, 0) is 12.1 Å². The van der Waals surface area contributed by atoms with Crippen LogP contribution in [-0.2, 0) is 17.1 Å². The topological polar surface area (TPSA) is 94.7 Å². The summed E-state index contributed by atoms with van der Waals surface area (Å²) in [7, 11) is 0. The molecule has 2 N–H and O–H groups in total. The zero-order valence-corrected chi connectivity index (χ0v) is 20.1. The van der Waals surface area contributed by atoms with Gasteiger partial charge < -0.3 is 35.6 Å². The summed E-state index contributed by atoms with van der Waals surface area (Å²) >= 11 is 0. The quantitative estimate of drug-likeness (QED) is 0.190. The van der Waals surface area contributed by atoms with Crippen LogP contribution in [0.25, 0.3) is 0 Å². The number of halogens is 4. The molecule has 0 radical (unpaired) electrons. The number of ketones is 2. The van der Waals surface area contributed by atoms with Gasteiger partial charge in [0.2, 0.25) is 0 Å². The van der Waals surface area contributed by atoms with Crippen LogP contribution in [0.15, 0.2) is 54.6 Å². The third kappa shape index (κ3) is 14.1. The summed E-state index contributed by atoms with van der Waals surface area (Å²) in [4.78, 5) is 25.6. The Labute approximate surface area is 214 Å². The summed E-state index contributed by atoms with van der Waals surface area (Å²) in [6.07, 6.45) is 2.12. The van der Waals surface area contributed by atoms with Crippen LogP contribution >= 0.6 is 0 Å². The molecular formula is C23H19Cl2F2FeN3O2. The molecule has 33 heavy (non-hydrogen) atoms. The van der Waals surface area contributed by atoms with Gasteiger partial charge in [0.1, 0.15) is 11.4 Å². The monoisotopic (exact) mass is 533 g/mol. The average Bonchev–Trinajstić information content (AvgIpc) is 2.74. The van der Waals surface area contributed by atoms with Crippen molar-refractivity contribution in [2.24, 2.45) is 0 Å². The fourth-order valence-electron chi connectivity index (χ4n) is 1.91. The molecule has 0 amide bonds. The second-order valence-corrected chi connectivity index (χ2v) is 5.73. The van der Waals surface area contributed by atoms with Crippen molar-refractivity contribution < 1.29 is 60.3 Å². The molecule has 0 saturated heterocycles. The van der Waals surface area contributed by atoms with Crippen molar-refractivity contribution in [3.63, 3.8) is 0 Å². The number of nitrogens with one attached hydrogen (secondary N) is 2. The molecule has 174 valence electrons. The third-order valence-electron chi connectivity index (χ3n) is 3.35. The molecule has 0 saturated carbocycles. The predicted octanol–water partition coefficient (Wildman–Crippen LogP) is -1.26. The molecule has 0 aliphatic carbocycles. The Hall–Kier alpha value is -2.77. The Morgan fingerprint density at radius 3 is 1.42 bits per heavy atom.